The third-order valence-electron chi connectivity index (χ3n) is 4.84. The van der Waals surface area contributed by atoms with E-state index in [0.29, 0.717) is 35.0 Å². The van der Waals surface area contributed by atoms with Crippen molar-refractivity contribution >= 4 is 17.4 Å². The fraction of sp³-hybridized carbons (Fsp3) is 0.273. The molecule has 3 rings (SSSR count). The van der Waals surface area contributed by atoms with Crippen LogP contribution in [0.4, 0.5) is 0 Å². The van der Waals surface area contributed by atoms with Gasteiger partial charge in [-0.2, -0.15) is 0 Å². The van der Waals surface area contributed by atoms with Crippen LogP contribution >= 0.6 is 0 Å². The van der Waals surface area contributed by atoms with E-state index in [9.17, 15) is 14.7 Å². The third kappa shape index (κ3) is 3.63. The lowest BCUT2D eigenvalue weighted by Gasteiger charge is -2.21. The Morgan fingerprint density at radius 3 is 2.28 bits per heavy atom. The molecule has 0 radical (unpaired) electrons. The van der Waals surface area contributed by atoms with Crippen LogP contribution in [-0.4, -0.2) is 49.6 Å². The number of ketones is 1. The largest absolute Gasteiger partial charge is 0.507 e. The SMILES string of the molecule is CCOc1ccc([C@@H]2C(=C(O)c3ccc(OC)c(OC)c3)C(=O)C(=O)N2C)cc1. The third-order valence-corrected chi connectivity index (χ3v) is 4.84. The van der Waals surface area contributed by atoms with E-state index in [-0.39, 0.29) is 11.3 Å². The van der Waals surface area contributed by atoms with Crippen LogP contribution < -0.4 is 14.2 Å². The van der Waals surface area contributed by atoms with Crippen molar-refractivity contribution in [2.45, 2.75) is 13.0 Å². The van der Waals surface area contributed by atoms with Gasteiger partial charge in [-0.05, 0) is 42.8 Å². The highest BCUT2D eigenvalue weighted by Gasteiger charge is 2.44. The summed E-state index contributed by atoms with van der Waals surface area (Å²) in [6.07, 6.45) is 0. The van der Waals surface area contributed by atoms with Crippen molar-refractivity contribution in [1.82, 2.24) is 4.90 Å². The number of hydrogen-bond donors (Lipinski definition) is 1. The van der Waals surface area contributed by atoms with Crippen LogP contribution in [0.1, 0.15) is 24.1 Å². The normalized spacial score (nSPS) is 18.1. The number of aliphatic hydroxyl groups is 1. The highest BCUT2D eigenvalue weighted by atomic mass is 16.5. The van der Waals surface area contributed by atoms with Gasteiger partial charge in [0.15, 0.2) is 11.5 Å². The van der Waals surface area contributed by atoms with E-state index in [4.69, 9.17) is 14.2 Å². The van der Waals surface area contributed by atoms with E-state index in [0.717, 1.165) is 0 Å². The van der Waals surface area contributed by atoms with Crippen LogP contribution in [0.2, 0.25) is 0 Å². The molecule has 1 atom stereocenters. The fourth-order valence-corrected chi connectivity index (χ4v) is 3.39. The molecule has 1 N–H and O–H groups in total. The average Bonchev–Trinajstić information content (AvgIpc) is 2.97. The molecule has 1 aliphatic rings. The highest BCUT2D eigenvalue weighted by molar-refractivity contribution is 6.46. The molecule has 1 saturated heterocycles. The lowest BCUT2D eigenvalue weighted by molar-refractivity contribution is -0.139. The fourth-order valence-electron chi connectivity index (χ4n) is 3.39. The number of likely N-dealkylation sites (N-methyl/N-ethyl adjacent to an activating group) is 1. The first-order chi connectivity index (χ1) is 13.9. The second-order valence-electron chi connectivity index (χ2n) is 6.48. The summed E-state index contributed by atoms with van der Waals surface area (Å²) in [7, 11) is 4.52. The van der Waals surface area contributed by atoms with Crippen LogP contribution in [0.15, 0.2) is 48.0 Å². The molecule has 7 nitrogen and oxygen atoms in total. The molecular formula is C22H23NO6. The van der Waals surface area contributed by atoms with Crippen molar-refractivity contribution in [2.75, 3.05) is 27.9 Å². The second kappa shape index (κ2) is 8.26. The van der Waals surface area contributed by atoms with Crippen LogP contribution in [-0.2, 0) is 9.59 Å². The molecule has 0 spiro atoms. The number of hydrogen-bond acceptors (Lipinski definition) is 6. The number of likely N-dealkylation sites (tertiary alicyclic amines) is 1. The molecule has 29 heavy (non-hydrogen) atoms. The summed E-state index contributed by atoms with van der Waals surface area (Å²) in [5.41, 5.74) is 1.07. The summed E-state index contributed by atoms with van der Waals surface area (Å²) in [5, 5.41) is 10.9. The molecular weight excluding hydrogens is 374 g/mol. The van der Waals surface area contributed by atoms with Crippen molar-refractivity contribution in [3.63, 3.8) is 0 Å². The van der Waals surface area contributed by atoms with Gasteiger partial charge in [-0.1, -0.05) is 12.1 Å². The van der Waals surface area contributed by atoms with Gasteiger partial charge in [0.2, 0.25) is 0 Å². The zero-order valence-electron chi connectivity index (χ0n) is 16.8. The smallest absolute Gasteiger partial charge is 0.295 e. The topological polar surface area (TPSA) is 85.3 Å². The molecule has 1 fully saturated rings. The Bertz CT molecular complexity index is 964. The Labute approximate surface area is 169 Å². The summed E-state index contributed by atoms with van der Waals surface area (Å²) in [6, 6.07) is 11.2. The Morgan fingerprint density at radius 2 is 1.69 bits per heavy atom. The Hall–Kier alpha value is -3.48. The average molecular weight is 397 g/mol. The minimum atomic E-state index is -0.737. The number of aliphatic hydroxyl groups excluding tert-OH is 1. The summed E-state index contributed by atoms with van der Waals surface area (Å²) in [4.78, 5) is 26.4. The Kier molecular flexibility index (Phi) is 5.77. The van der Waals surface area contributed by atoms with Crippen molar-refractivity contribution in [3.8, 4) is 17.2 Å². The van der Waals surface area contributed by atoms with Gasteiger partial charge in [-0.15, -0.1) is 0 Å². The minimum absolute atomic E-state index is 0.0221. The van der Waals surface area contributed by atoms with Gasteiger partial charge in [0.1, 0.15) is 11.5 Å². The van der Waals surface area contributed by atoms with Crippen molar-refractivity contribution in [3.05, 3.63) is 59.2 Å². The molecule has 1 heterocycles. The zero-order chi connectivity index (χ0) is 21.1. The molecule has 1 amide bonds. The number of rotatable bonds is 6. The minimum Gasteiger partial charge on any atom is -0.507 e. The first kappa shape index (κ1) is 20.3. The summed E-state index contributed by atoms with van der Waals surface area (Å²) < 4.78 is 15.9. The van der Waals surface area contributed by atoms with E-state index < -0.39 is 17.7 Å². The number of ether oxygens (including phenoxy) is 3. The molecule has 7 heteroatoms. The maximum atomic E-state index is 12.7. The van der Waals surface area contributed by atoms with Crippen LogP contribution in [0.3, 0.4) is 0 Å². The van der Waals surface area contributed by atoms with Gasteiger partial charge in [0.05, 0.1) is 32.4 Å². The van der Waals surface area contributed by atoms with E-state index >= 15 is 0 Å². The van der Waals surface area contributed by atoms with Gasteiger partial charge in [0, 0.05) is 12.6 Å². The molecule has 0 bridgehead atoms. The van der Waals surface area contributed by atoms with E-state index in [1.54, 1.807) is 42.5 Å². The lowest BCUT2D eigenvalue weighted by Crippen LogP contribution is -2.24. The number of amides is 1. The molecule has 0 aromatic heterocycles. The predicted molar refractivity (Wildman–Crippen MR) is 107 cm³/mol. The molecule has 152 valence electrons. The van der Waals surface area contributed by atoms with E-state index in [1.807, 2.05) is 6.92 Å². The van der Waals surface area contributed by atoms with Gasteiger partial charge in [-0.25, -0.2) is 0 Å². The maximum Gasteiger partial charge on any atom is 0.295 e. The summed E-state index contributed by atoms with van der Waals surface area (Å²) in [5.74, 6) is -0.107. The number of carbonyl (C=O) groups is 2. The van der Waals surface area contributed by atoms with Crippen molar-refractivity contribution in [2.24, 2.45) is 0 Å². The van der Waals surface area contributed by atoms with Crippen LogP contribution in [0, 0.1) is 0 Å². The quantitative estimate of drug-likeness (QED) is 0.458. The molecule has 0 unspecified atom stereocenters. The van der Waals surface area contributed by atoms with E-state index in [1.165, 1.54) is 26.2 Å². The first-order valence-corrected chi connectivity index (χ1v) is 9.12. The van der Waals surface area contributed by atoms with Gasteiger partial charge in [0.25, 0.3) is 11.7 Å². The van der Waals surface area contributed by atoms with E-state index in [2.05, 4.69) is 0 Å². The number of benzene rings is 2. The first-order valence-electron chi connectivity index (χ1n) is 9.12. The lowest BCUT2D eigenvalue weighted by atomic mass is 9.95. The molecule has 1 aliphatic heterocycles. The number of Topliss-reactive ketones (excluding diaryl/α,β-unsaturated/α-hetero) is 1. The van der Waals surface area contributed by atoms with Crippen molar-refractivity contribution < 1.29 is 28.9 Å². The molecule has 2 aromatic rings. The predicted octanol–water partition coefficient (Wildman–Crippen LogP) is 3.15. The summed E-state index contributed by atoms with van der Waals surface area (Å²) >= 11 is 0. The molecule has 0 saturated carbocycles. The number of carbonyl (C=O) groups excluding carboxylic acids is 2. The maximum absolute atomic E-state index is 12.7. The second-order valence-corrected chi connectivity index (χ2v) is 6.48. The zero-order valence-corrected chi connectivity index (χ0v) is 16.8. The number of methoxy groups -OCH3 is 2. The van der Waals surface area contributed by atoms with Crippen LogP contribution in [0.25, 0.3) is 5.76 Å². The Balaban J connectivity index is 2.10. The highest BCUT2D eigenvalue weighted by Crippen LogP contribution is 2.40. The monoisotopic (exact) mass is 397 g/mol. The van der Waals surface area contributed by atoms with Gasteiger partial charge < -0.3 is 24.2 Å². The Morgan fingerprint density at radius 1 is 1.03 bits per heavy atom. The van der Waals surface area contributed by atoms with Gasteiger partial charge >= 0.3 is 0 Å². The van der Waals surface area contributed by atoms with Crippen molar-refractivity contribution in [1.29, 1.82) is 0 Å². The molecule has 2 aromatic carbocycles. The summed E-state index contributed by atoms with van der Waals surface area (Å²) in [6.45, 7) is 2.42. The van der Waals surface area contributed by atoms with Crippen LogP contribution in [0.5, 0.6) is 17.2 Å². The van der Waals surface area contributed by atoms with Gasteiger partial charge in [-0.3, -0.25) is 9.59 Å². The standard InChI is InChI=1S/C22H23NO6/c1-5-29-15-9-6-13(7-10-15)19-18(21(25)22(26)23(19)2)20(24)14-8-11-16(27-3)17(12-14)28-4/h6-12,19,24H,5H2,1-4H3/t19-/m1/s1. The molecule has 0 aliphatic carbocycles. The number of nitrogens with zero attached hydrogens (tertiary/aromatic N) is 1.